The Hall–Kier alpha value is -1.23. The molecule has 0 aliphatic heterocycles. The predicted octanol–water partition coefficient (Wildman–Crippen LogP) is 1.53. The van der Waals surface area contributed by atoms with Gasteiger partial charge in [0.05, 0.1) is 5.69 Å². The molecule has 62 valence electrons. The third-order valence-corrected chi connectivity index (χ3v) is 2.40. The van der Waals surface area contributed by atoms with Gasteiger partial charge in [-0.25, -0.2) is 4.63 Å². The van der Waals surface area contributed by atoms with Gasteiger partial charge < -0.3 is 5.73 Å². The number of anilines is 1. The van der Waals surface area contributed by atoms with Crippen molar-refractivity contribution in [2.45, 2.75) is 4.90 Å². The summed E-state index contributed by atoms with van der Waals surface area (Å²) in [7, 11) is 0. The van der Waals surface area contributed by atoms with Gasteiger partial charge in [-0.05, 0) is 28.7 Å². The monoisotopic (exact) mass is 181 g/mol. The van der Waals surface area contributed by atoms with Gasteiger partial charge in [0.15, 0.2) is 11.0 Å². The van der Waals surface area contributed by atoms with Crippen LogP contribution in [0.4, 0.5) is 5.69 Å². The minimum atomic E-state index is 0.601. The molecule has 1 heterocycles. The van der Waals surface area contributed by atoms with Crippen LogP contribution in [-0.2, 0) is 0 Å². The Bertz CT molecular complexity index is 412. The Balaban J connectivity index is 2.82. The van der Waals surface area contributed by atoms with Crippen molar-refractivity contribution in [3.8, 4) is 0 Å². The fraction of sp³-hybridized carbons (Fsp3) is 0.143. The Morgan fingerprint density at radius 3 is 2.83 bits per heavy atom. The summed E-state index contributed by atoms with van der Waals surface area (Å²) < 4.78 is 4.59. The third-order valence-electron chi connectivity index (χ3n) is 1.63. The Kier molecular flexibility index (Phi) is 1.65. The van der Waals surface area contributed by atoms with Gasteiger partial charge in [0, 0.05) is 4.90 Å². The molecule has 0 saturated heterocycles. The maximum Gasteiger partial charge on any atom is 0.159 e. The van der Waals surface area contributed by atoms with E-state index in [0.29, 0.717) is 11.2 Å². The number of hydrogen-bond acceptors (Lipinski definition) is 5. The Labute approximate surface area is 73.1 Å². The minimum absolute atomic E-state index is 0.601. The summed E-state index contributed by atoms with van der Waals surface area (Å²) >= 11 is 1.59. The van der Waals surface area contributed by atoms with Crippen molar-refractivity contribution >= 4 is 28.5 Å². The first kappa shape index (κ1) is 7.42. The summed E-state index contributed by atoms with van der Waals surface area (Å²) in [6, 6.07) is 3.71. The Morgan fingerprint density at radius 1 is 1.33 bits per heavy atom. The standard InChI is InChI=1S/C7H7N3OS/c1-12-5-3-2-4(8)6-7(5)10-11-9-6/h2-3H,8H2,1H3. The zero-order chi connectivity index (χ0) is 8.55. The number of rotatable bonds is 1. The number of hydrogen-bond donors (Lipinski definition) is 1. The molecule has 0 radical (unpaired) electrons. The van der Waals surface area contributed by atoms with Crippen LogP contribution in [0.1, 0.15) is 0 Å². The van der Waals surface area contributed by atoms with Crippen molar-refractivity contribution in [2.75, 3.05) is 12.0 Å². The lowest BCUT2D eigenvalue weighted by Crippen LogP contribution is -1.86. The fourth-order valence-electron chi connectivity index (χ4n) is 1.03. The molecule has 5 heteroatoms. The van der Waals surface area contributed by atoms with Gasteiger partial charge in [0.2, 0.25) is 0 Å². The third kappa shape index (κ3) is 0.937. The smallest absolute Gasteiger partial charge is 0.159 e. The summed E-state index contributed by atoms with van der Waals surface area (Å²) in [6.07, 6.45) is 1.97. The van der Waals surface area contributed by atoms with Crippen LogP contribution in [0.25, 0.3) is 11.0 Å². The maximum atomic E-state index is 5.65. The highest BCUT2D eigenvalue weighted by Crippen LogP contribution is 2.27. The molecule has 0 aliphatic carbocycles. The van der Waals surface area contributed by atoms with Gasteiger partial charge in [0.25, 0.3) is 0 Å². The fourth-order valence-corrected chi connectivity index (χ4v) is 1.56. The van der Waals surface area contributed by atoms with E-state index < -0.39 is 0 Å². The largest absolute Gasteiger partial charge is 0.397 e. The molecule has 0 atom stereocenters. The predicted molar refractivity (Wildman–Crippen MR) is 48.0 cm³/mol. The molecule has 0 bridgehead atoms. The molecule has 4 nitrogen and oxygen atoms in total. The van der Waals surface area contributed by atoms with Crippen molar-refractivity contribution in [2.24, 2.45) is 0 Å². The molecule has 2 rings (SSSR count). The van der Waals surface area contributed by atoms with Crippen LogP contribution in [0, 0.1) is 0 Å². The number of aromatic nitrogens is 2. The van der Waals surface area contributed by atoms with E-state index in [4.69, 9.17) is 5.73 Å². The minimum Gasteiger partial charge on any atom is -0.397 e. The summed E-state index contributed by atoms with van der Waals surface area (Å²) in [4.78, 5) is 1.03. The normalized spacial score (nSPS) is 10.8. The first-order valence-corrected chi connectivity index (χ1v) is 4.60. The molecular formula is C7H7N3OS. The topological polar surface area (TPSA) is 64.9 Å². The summed E-state index contributed by atoms with van der Waals surface area (Å²) in [6.45, 7) is 0. The van der Waals surface area contributed by atoms with Crippen molar-refractivity contribution < 1.29 is 4.63 Å². The van der Waals surface area contributed by atoms with Gasteiger partial charge in [-0.1, -0.05) is 0 Å². The van der Waals surface area contributed by atoms with Gasteiger partial charge in [-0.2, -0.15) is 0 Å². The average molecular weight is 181 g/mol. The second-order valence-electron chi connectivity index (χ2n) is 2.32. The van der Waals surface area contributed by atoms with Gasteiger partial charge in [0.1, 0.15) is 0 Å². The first-order chi connectivity index (χ1) is 5.83. The van der Waals surface area contributed by atoms with Gasteiger partial charge in [-0.3, -0.25) is 0 Å². The van der Waals surface area contributed by atoms with Crippen LogP contribution in [0.15, 0.2) is 21.7 Å². The number of nitrogen functional groups attached to an aromatic ring is 1. The van der Waals surface area contributed by atoms with Crippen molar-refractivity contribution in [1.82, 2.24) is 10.3 Å². The second-order valence-corrected chi connectivity index (χ2v) is 3.17. The van der Waals surface area contributed by atoms with Crippen LogP contribution in [0.2, 0.25) is 0 Å². The van der Waals surface area contributed by atoms with E-state index in [1.54, 1.807) is 17.8 Å². The maximum absolute atomic E-state index is 5.65. The summed E-state index contributed by atoms with van der Waals surface area (Å²) in [5.41, 5.74) is 7.63. The van der Waals surface area contributed by atoms with Crippen LogP contribution < -0.4 is 5.73 Å². The molecule has 2 N–H and O–H groups in total. The first-order valence-electron chi connectivity index (χ1n) is 3.37. The zero-order valence-electron chi connectivity index (χ0n) is 6.44. The van der Waals surface area contributed by atoms with Crippen LogP contribution in [0.3, 0.4) is 0 Å². The number of nitrogens with two attached hydrogens (primary N) is 1. The van der Waals surface area contributed by atoms with Crippen molar-refractivity contribution in [3.63, 3.8) is 0 Å². The van der Waals surface area contributed by atoms with Crippen molar-refractivity contribution in [3.05, 3.63) is 12.1 Å². The molecule has 0 amide bonds. The number of nitrogens with zero attached hydrogens (tertiary/aromatic N) is 2. The molecule has 12 heavy (non-hydrogen) atoms. The lowest BCUT2D eigenvalue weighted by molar-refractivity contribution is 0.315. The molecule has 0 aliphatic rings. The molecule has 0 unspecified atom stereocenters. The zero-order valence-corrected chi connectivity index (χ0v) is 7.26. The van der Waals surface area contributed by atoms with E-state index in [9.17, 15) is 0 Å². The summed E-state index contributed by atoms with van der Waals surface area (Å²) in [5, 5.41) is 7.47. The van der Waals surface area contributed by atoms with Gasteiger partial charge in [-0.15, -0.1) is 11.8 Å². The molecular weight excluding hydrogens is 174 g/mol. The Morgan fingerprint density at radius 2 is 2.08 bits per heavy atom. The highest BCUT2D eigenvalue weighted by atomic mass is 32.2. The van der Waals surface area contributed by atoms with Gasteiger partial charge >= 0.3 is 0 Å². The van der Waals surface area contributed by atoms with E-state index in [1.165, 1.54) is 0 Å². The average Bonchev–Trinajstić information content (AvgIpc) is 2.54. The highest BCUT2D eigenvalue weighted by Gasteiger charge is 2.08. The number of thioether (sulfide) groups is 1. The lowest BCUT2D eigenvalue weighted by atomic mass is 10.3. The number of benzene rings is 1. The molecule has 1 aromatic carbocycles. The van der Waals surface area contributed by atoms with Crippen LogP contribution in [-0.4, -0.2) is 16.6 Å². The van der Waals surface area contributed by atoms with E-state index in [2.05, 4.69) is 14.9 Å². The molecule has 2 aromatic rings. The second kappa shape index (κ2) is 2.67. The van der Waals surface area contributed by atoms with Crippen LogP contribution >= 0.6 is 11.8 Å². The lowest BCUT2D eigenvalue weighted by Gasteiger charge is -1.96. The molecule has 1 aromatic heterocycles. The molecule has 0 spiro atoms. The SMILES string of the molecule is CSc1ccc(N)c2nonc12. The van der Waals surface area contributed by atoms with E-state index in [1.807, 2.05) is 12.3 Å². The summed E-state index contributed by atoms with van der Waals surface area (Å²) in [5.74, 6) is 0. The van der Waals surface area contributed by atoms with E-state index in [0.717, 1.165) is 10.4 Å². The van der Waals surface area contributed by atoms with E-state index >= 15 is 0 Å². The molecule has 0 fully saturated rings. The number of fused-ring (bicyclic) bond motifs is 1. The quantitative estimate of drug-likeness (QED) is 0.533. The van der Waals surface area contributed by atoms with E-state index in [-0.39, 0.29) is 0 Å². The van der Waals surface area contributed by atoms with Crippen LogP contribution in [0.5, 0.6) is 0 Å². The van der Waals surface area contributed by atoms with Crippen molar-refractivity contribution in [1.29, 1.82) is 0 Å². The molecule has 0 saturated carbocycles. The highest BCUT2D eigenvalue weighted by molar-refractivity contribution is 7.98.